The first kappa shape index (κ1) is 21.8. The van der Waals surface area contributed by atoms with Gasteiger partial charge in [-0.05, 0) is 48.0 Å². The monoisotopic (exact) mass is 495 g/mol. The van der Waals surface area contributed by atoms with E-state index in [1.54, 1.807) is 35.8 Å². The second kappa shape index (κ2) is 9.88. The molecule has 34 heavy (non-hydrogen) atoms. The van der Waals surface area contributed by atoms with E-state index < -0.39 is 6.09 Å². The minimum absolute atomic E-state index is 0.189. The highest BCUT2D eigenvalue weighted by atomic mass is 32.1. The molecule has 0 fully saturated rings. The maximum absolute atomic E-state index is 13.2. The third-order valence-corrected chi connectivity index (χ3v) is 5.98. The highest BCUT2D eigenvalue weighted by Gasteiger charge is 2.23. The van der Waals surface area contributed by atoms with Crippen LogP contribution in [-0.2, 0) is 6.42 Å². The van der Waals surface area contributed by atoms with E-state index in [0.29, 0.717) is 36.1 Å². The van der Waals surface area contributed by atoms with E-state index in [-0.39, 0.29) is 11.8 Å². The zero-order chi connectivity index (χ0) is 23.3. The molecule has 172 valence electrons. The van der Waals surface area contributed by atoms with Crippen molar-refractivity contribution in [1.82, 2.24) is 51.2 Å². The van der Waals surface area contributed by atoms with Crippen LogP contribution in [0.5, 0.6) is 5.75 Å². The molecular formula is C19H17N11O2S2. The number of carbonyl (C=O) groups is 1. The summed E-state index contributed by atoms with van der Waals surface area (Å²) in [6.07, 6.45) is 0.600. The van der Waals surface area contributed by atoms with E-state index in [2.05, 4.69) is 63.8 Å². The Hall–Kier alpha value is -3.98. The summed E-state index contributed by atoms with van der Waals surface area (Å²) in [4.78, 5) is 24.2. The largest absolute Gasteiger partial charge is 0.420 e. The van der Waals surface area contributed by atoms with Gasteiger partial charge in [-0.15, -0.1) is 31.7 Å². The number of aromatic nitrogens is 10. The van der Waals surface area contributed by atoms with Crippen molar-refractivity contribution in [2.24, 2.45) is 0 Å². The molecule has 0 bridgehead atoms. The lowest BCUT2D eigenvalue weighted by Gasteiger charge is -2.24. The number of ether oxygens (including phenoxy) is 1. The van der Waals surface area contributed by atoms with Crippen LogP contribution in [0.25, 0.3) is 21.7 Å². The number of anilines is 1. The van der Waals surface area contributed by atoms with Crippen molar-refractivity contribution in [3.05, 3.63) is 47.7 Å². The number of hydrogen-bond acceptors (Lipinski definition) is 12. The molecule has 0 aliphatic rings. The molecule has 0 aliphatic heterocycles. The summed E-state index contributed by atoms with van der Waals surface area (Å²) in [6.45, 7) is 0.262. The second-order valence-electron chi connectivity index (χ2n) is 7.10. The van der Waals surface area contributed by atoms with Gasteiger partial charge in [0.2, 0.25) is 5.82 Å². The number of tetrazole rings is 2. The molecule has 0 radical (unpaired) electrons. The first-order valence-corrected chi connectivity index (χ1v) is 11.5. The molecule has 1 aromatic carbocycles. The molecule has 1 atom stereocenters. The van der Waals surface area contributed by atoms with Crippen LogP contribution in [0.15, 0.2) is 41.9 Å². The number of thiazole rings is 1. The van der Waals surface area contributed by atoms with Crippen molar-refractivity contribution in [1.29, 1.82) is 0 Å². The Labute approximate surface area is 201 Å². The number of H-pyrrole nitrogens is 2. The van der Waals surface area contributed by atoms with Crippen LogP contribution < -0.4 is 9.64 Å². The van der Waals surface area contributed by atoms with Gasteiger partial charge in [-0.25, -0.2) is 14.8 Å². The van der Waals surface area contributed by atoms with Gasteiger partial charge < -0.3 is 4.74 Å². The molecule has 0 aliphatic carbocycles. The first-order chi connectivity index (χ1) is 16.7. The first-order valence-electron chi connectivity index (χ1n) is 10.1. The van der Waals surface area contributed by atoms with Crippen LogP contribution in [0.2, 0.25) is 0 Å². The Balaban J connectivity index is 1.33. The molecule has 4 heterocycles. The topological polar surface area (TPSA) is 164 Å². The Kier molecular flexibility index (Phi) is 6.35. The van der Waals surface area contributed by atoms with Gasteiger partial charge in [0.1, 0.15) is 21.9 Å². The molecule has 0 saturated carbocycles. The van der Waals surface area contributed by atoms with Crippen molar-refractivity contribution in [3.63, 3.8) is 0 Å². The van der Waals surface area contributed by atoms with Crippen molar-refractivity contribution in [2.75, 3.05) is 11.4 Å². The van der Waals surface area contributed by atoms with E-state index in [1.165, 1.54) is 16.2 Å². The average Bonchev–Trinajstić information content (AvgIpc) is 3.63. The van der Waals surface area contributed by atoms with Crippen LogP contribution in [0.1, 0.15) is 12.2 Å². The fourth-order valence-corrected chi connectivity index (χ4v) is 4.10. The van der Waals surface area contributed by atoms with E-state index in [9.17, 15) is 4.79 Å². The summed E-state index contributed by atoms with van der Waals surface area (Å²) in [5.74, 6) is 1.84. The third-order valence-electron chi connectivity index (χ3n) is 4.83. The predicted molar refractivity (Wildman–Crippen MR) is 126 cm³/mol. The third kappa shape index (κ3) is 4.99. The Morgan fingerprint density at radius 2 is 1.91 bits per heavy atom. The van der Waals surface area contributed by atoms with Gasteiger partial charge in [0.25, 0.3) is 0 Å². The molecule has 15 heteroatoms. The number of nitrogens with zero attached hydrogens (tertiary/aromatic N) is 9. The van der Waals surface area contributed by atoms with Gasteiger partial charge in [0, 0.05) is 23.8 Å². The summed E-state index contributed by atoms with van der Waals surface area (Å²) in [5, 5.41) is 27.5. The summed E-state index contributed by atoms with van der Waals surface area (Å²) in [7, 11) is 0. The van der Waals surface area contributed by atoms with Gasteiger partial charge in [0.05, 0.1) is 5.51 Å². The molecule has 1 amide bonds. The van der Waals surface area contributed by atoms with E-state index in [1.807, 2.05) is 6.07 Å². The standard InChI is InChI=1S/C19H17N11O2S2/c31-19(32-12-3-1-11(2-4-12)17-24-28-29-25-17)30(9-13(33)5-7-15-22-26-27-23-15)16-8-6-14-18(21-16)34-10-20-14/h1-4,6,8,10,13,33H,5,7,9H2,(H,22,23,26,27)(H,24,25,28,29). The van der Waals surface area contributed by atoms with Gasteiger partial charge in [0.15, 0.2) is 5.82 Å². The van der Waals surface area contributed by atoms with E-state index in [0.717, 1.165) is 15.9 Å². The minimum atomic E-state index is -0.581. The fourth-order valence-electron chi connectivity index (χ4n) is 3.15. The number of hydrogen-bond donors (Lipinski definition) is 3. The van der Waals surface area contributed by atoms with Crippen molar-refractivity contribution < 1.29 is 9.53 Å². The maximum Gasteiger partial charge on any atom is 0.420 e. The molecule has 13 nitrogen and oxygen atoms in total. The SMILES string of the molecule is O=C(Oc1ccc(-c2nn[nH]n2)cc1)N(CC(S)CCc1nn[nH]n1)c1ccc2ncsc2n1. The highest BCUT2D eigenvalue weighted by Crippen LogP contribution is 2.24. The van der Waals surface area contributed by atoms with Crippen molar-refractivity contribution in [3.8, 4) is 17.1 Å². The number of benzene rings is 1. The number of aromatic amines is 2. The Bertz CT molecular complexity index is 1360. The fraction of sp³-hybridized carbons (Fsp3) is 0.211. The number of rotatable bonds is 8. The van der Waals surface area contributed by atoms with Gasteiger partial charge in [-0.2, -0.15) is 23.1 Å². The molecule has 5 rings (SSSR count). The summed E-state index contributed by atoms with van der Waals surface area (Å²) in [6, 6.07) is 10.4. The van der Waals surface area contributed by atoms with Crippen LogP contribution in [0.3, 0.4) is 0 Å². The number of amides is 1. The number of carbonyl (C=O) groups excluding carboxylic acids is 1. The van der Waals surface area contributed by atoms with Crippen LogP contribution >= 0.6 is 24.0 Å². The molecule has 4 aromatic heterocycles. The molecule has 0 spiro atoms. The number of fused-ring (bicyclic) bond motifs is 1. The second-order valence-corrected chi connectivity index (χ2v) is 8.67. The summed E-state index contributed by atoms with van der Waals surface area (Å²) in [5.41, 5.74) is 3.21. The number of pyridine rings is 1. The van der Waals surface area contributed by atoms with E-state index >= 15 is 0 Å². The normalized spacial score (nSPS) is 12.0. The zero-order valence-corrected chi connectivity index (χ0v) is 19.1. The summed E-state index contributed by atoms with van der Waals surface area (Å²) < 4.78 is 5.64. The molecular weight excluding hydrogens is 478 g/mol. The predicted octanol–water partition coefficient (Wildman–Crippen LogP) is 2.32. The van der Waals surface area contributed by atoms with Crippen molar-refractivity contribution in [2.45, 2.75) is 18.1 Å². The van der Waals surface area contributed by atoms with Crippen LogP contribution in [-0.4, -0.2) is 69.1 Å². The molecule has 5 aromatic rings. The van der Waals surface area contributed by atoms with Crippen LogP contribution in [0.4, 0.5) is 10.6 Å². The molecule has 2 N–H and O–H groups in total. The van der Waals surface area contributed by atoms with Gasteiger partial charge in [-0.1, -0.05) is 5.21 Å². The maximum atomic E-state index is 13.2. The number of nitrogens with one attached hydrogen (secondary N) is 2. The smallest absolute Gasteiger partial charge is 0.410 e. The lowest BCUT2D eigenvalue weighted by molar-refractivity contribution is 0.207. The Morgan fingerprint density at radius 3 is 2.68 bits per heavy atom. The van der Waals surface area contributed by atoms with E-state index in [4.69, 9.17) is 4.74 Å². The average molecular weight is 496 g/mol. The summed E-state index contributed by atoms with van der Waals surface area (Å²) >= 11 is 6.06. The van der Waals surface area contributed by atoms with Gasteiger partial charge >= 0.3 is 6.09 Å². The molecule has 0 saturated heterocycles. The minimum Gasteiger partial charge on any atom is -0.410 e. The Morgan fingerprint density at radius 1 is 1.09 bits per heavy atom. The molecule has 1 unspecified atom stereocenters. The van der Waals surface area contributed by atoms with Crippen molar-refractivity contribution >= 4 is 46.2 Å². The quantitative estimate of drug-likeness (QED) is 0.272. The number of aryl methyl sites for hydroxylation is 1. The highest BCUT2D eigenvalue weighted by molar-refractivity contribution is 7.81. The lowest BCUT2D eigenvalue weighted by atomic mass is 10.2. The number of thiol groups is 1. The zero-order valence-electron chi connectivity index (χ0n) is 17.4. The lowest BCUT2D eigenvalue weighted by Crippen LogP contribution is -2.38. The van der Waals surface area contributed by atoms with Gasteiger partial charge in [-0.3, -0.25) is 4.90 Å². The van der Waals surface area contributed by atoms with Crippen LogP contribution in [0, 0.1) is 0 Å².